The molecule has 2 aliphatic rings. The summed E-state index contributed by atoms with van der Waals surface area (Å²) in [5, 5.41) is 2.35. The van der Waals surface area contributed by atoms with Crippen molar-refractivity contribution < 1.29 is 14.4 Å². The highest BCUT2D eigenvalue weighted by atomic mass is 32.2. The Bertz CT molecular complexity index is 770. The number of imide groups is 1. The van der Waals surface area contributed by atoms with Crippen molar-refractivity contribution in [3.8, 4) is 0 Å². The second kappa shape index (κ2) is 8.66. The lowest BCUT2D eigenvalue weighted by Crippen LogP contribution is -2.52. The van der Waals surface area contributed by atoms with Gasteiger partial charge in [0, 0.05) is 47.8 Å². The lowest BCUT2D eigenvalue weighted by Gasteiger charge is -2.30. The first-order chi connectivity index (χ1) is 13.3. The number of piperidine rings is 1. The molecule has 0 bridgehead atoms. The summed E-state index contributed by atoms with van der Waals surface area (Å²) in [6.07, 6.45) is 0.670. The maximum absolute atomic E-state index is 12.9. The zero-order chi connectivity index (χ0) is 20.4. The van der Waals surface area contributed by atoms with E-state index in [-0.39, 0.29) is 24.1 Å². The molecule has 1 N–H and O–H groups in total. The van der Waals surface area contributed by atoms with E-state index >= 15 is 0 Å². The number of amides is 3. The highest BCUT2D eigenvalue weighted by Crippen LogP contribution is 2.34. The van der Waals surface area contributed by atoms with Gasteiger partial charge in [0.25, 0.3) is 5.91 Å². The fourth-order valence-corrected chi connectivity index (χ4v) is 5.11. The summed E-state index contributed by atoms with van der Waals surface area (Å²) >= 11 is 1.77. The summed E-state index contributed by atoms with van der Waals surface area (Å²) in [6, 6.07) is 6.23. The van der Waals surface area contributed by atoms with Crippen LogP contribution in [-0.4, -0.2) is 57.9 Å². The standard InChI is InChI=1S/C21H29N3O3S/c1-13(2)23(14(3)4)10-11-28-18-7-5-6-15-16(18)12-24(21(15)27)17-8-9-19(25)22-20(17)26/h5-7,13-14,17H,8-12H2,1-4H3,(H,22,25,26). The molecule has 0 saturated carbocycles. The highest BCUT2D eigenvalue weighted by Gasteiger charge is 2.39. The zero-order valence-electron chi connectivity index (χ0n) is 17.0. The van der Waals surface area contributed by atoms with Gasteiger partial charge in [0.1, 0.15) is 6.04 Å². The first-order valence-corrected chi connectivity index (χ1v) is 10.9. The average molecular weight is 404 g/mol. The van der Waals surface area contributed by atoms with Gasteiger partial charge in [-0.05, 0) is 51.8 Å². The van der Waals surface area contributed by atoms with Gasteiger partial charge in [0.2, 0.25) is 11.8 Å². The average Bonchev–Trinajstić information content (AvgIpc) is 2.95. The third-order valence-corrected chi connectivity index (χ3v) is 6.55. The predicted octanol–water partition coefficient (Wildman–Crippen LogP) is 2.66. The maximum Gasteiger partial charge on any atom is 0.255 e. The Kier molecular flexibility index (Phi) is 6.45. The maximum atomic E-state index is 12.9. The van der Waals surface area contributed by atoms with E-state index in [1.165, 1.54) is 0 Å². The Morgan fingerprint density at radius 1 is 1.18 bits per heavy atom. The van der Waals surface area contributed by atoms with E-state index in [9.17, 15) is 14.4 Å². The number of thioether (sulfide) groups is 1. The van der Waals surface area contributed by atoms with Gasteiger partial charge in [-0.25, -0.2) is 0 Å². The van der Waals surface area contributed by atoms with Crippen LogP contribution >= 0.6 is 11.8 Å². The topological polar surface area (TPSA) is 69.7 Å². The van der Waals surface area contributed by atoms with Gasteiger partial charge in [-0.15, -0.1) is 11.8 Å². The molecule has 2 heterocycles. The Morgan fingerprint density at radius 2 is 1.89 bits per heavy atom. The zero-order valence-corrected chi connectivity index (χ0v) is 17.8. The molecular formula is C21H29N3O3S. The van der Waals surface area contributed by atoms with Crippen molar-refractivity contribution in [2.75, 3.05) is 12.3 Å². The van der Waals surface area contributed by atoms with Crippen molar-refractivity contribution in [1.82, 2.24) is 15.1 Å². The molecule has 1 unspecified atom stereocenters. The first-order valence-electron chi connectivity index (χ1n) is 9.94. The number of rotatable bonds is 7. The fraction of sp³-hybridized carbons (Fsp3) is 0.571. The third-order valence-electron chi connectivity index (χ3n) is 5.47. The van der Waals surface area contributed by atoms with Gasteiger partial charge in [-0.3, -0.25) is 24.6 Å². The van der Waals surface area contributed by atoms with E-state index in [2.05, 4.69) is 44.0 Å². The smallest absolute Gasteiger partial charge is 0.255 e. The molecule has 1 aromatic carbocycles. The van der Waals surface area contributed by atoms with Crippen molar-refractivity contribution in [1.29, 1.82) is 0 Å². The van der Waals surface area contributed by atoms with Crippen molar-refractivity contribution in [2.24, 2.45) is 0 Å². The summed E-state index contributed by atoms with van der Waals surface area (Å²) in [7, 11) is 0. The molecule has 3 amide bonds. The molecule has 1 fully saturated rings. The highest BCUT2D eigenvalue weighted by molar-refractivity contribution is 7.99. The van der Waals surface area contributed by atoms with Crippen molar-refractivity contribution in [3.05, 3.63) is 29.3 Å². The van der Waals surface area contributed by atoms with Gasteiger partial charge in [-0.2, -0.15) is 0 Å². The van der Waals surface area contributed by atoms with Crippen molar-refractivity contribution >= 4 is 29.5 Å². The number of carbonyl (C=O) groups excluding carboxylic acids is 3. The van der Waals surface area contributed by atoms with Crippen molar-refractivity contribution in [2.45, 2.75) is 70.1 Å². The molecule has 6 nitrogen and oxygen atoms in total. The van der Waals surface area contributed by atoms with Gasteiger partial charge >= 0.3 is 0 Å². The molecular weight excluding hydrogens is 374 g/mol. The van der Waals surface area contributed by atoms with E-state index < -0.39 is 6.04 Å². The second-order valence-corrected chi connectivity index (χ2v) is 9.09. The van der Waals surface area contributed by atoms with Gasteiger partial charge in [-0.1, -0.05) is 6.07 Å². The van der Waals surface area contributed by atoms with Crippen LogP contribution in [0.5, 0.6) is 0 Å². The van der Waals surface area contributed by atoms with Crippen LogP contribution in [0.4, 0.5) is 0 Å². The van der Waals surface area contributed by atoms with Crippen LogP contribution in [0.25, 0.3) is 0 Å². The Hall–Kier alpha value is -1.86. The fourth-order valence-electron chi connectivity index (χ4n) is 4.07. The second-order valence-electron chi connectivity index (χ2n) is 7.96. The first kappa shape index (κ1) is 20.9. The Labute approximate surface area is 171 Å². The lowest BCUT2D eigenvalue weighted by atomic mass is 10.0. The summed E-state index contributed by atoms with van der Waals surface area (Å²) < 4.78 is 0. The molecule has 152 valence electrons. The molecule has 0 aromatic heterocycles. The number of benzene rings is 1. The number of fused-ring (bicyclic) bond motifs is 1. The van der Waals surface area contributed by atoms with E-state index in [1.54, 1.807) is 16.7 Å². The molecule has 0 aliphatic carbocycles. The molecule has 1 aromatic rings. The van der Waals surface area contributed by atoms with Gasteiger partial charge < -0.3 is 4.90 Å². The number of nitrogens with one attached hydrogen (secondary N) is 1. The van der Waals surface area contributed by atoms with Crippen LogP contribution in [0, 0.1) is 0 Å². The van der Waals surface area contributed by atoms with Crippen LogP contribution in [-0.2, 0) is 16.1 Å². The largest absolute Gasteiger partial charge is 0.322 e. The molecule has 0 radical (unpaired) electrons. The summed E-state index contributed by atoms with van der Waals surface area (Å²) in [6.45, 7) is 10.3. The summed E-state index contributed by atoms with van der Waals surface area (Å²) in [5.74, 6) is 0.204. The quantitative estimate of drug-likeness (QED) is 0.560. The van der Waals surface area contributed by atoms with Crippen LogP contribution in [0.15, 0.2) is 23.1 Å². The van der Waals surface area contributed by atoms with E-state index in [0.29, 0.717) is 30.6 Å². The number of hydrogen-bond acceptors (Lipinski definition) is 5. The van der Waals surface area contributed by atoms with Gasteiger partial charge in [0.15, 0.2) is 0 Å². The summed E-state index contributed by atoms with van der Waals surface area (Å²) in [5.41, 5.74) is 1.68. The predicted molar refractivity (Wildman–Crippen MR) is 110 cm³/mol. The van der Waals surface area contributed by atoms with Crippen LogP contribution < -0.4 is 5.32 Å². The number of nitrogens with zero attached hydrogens (tertiary/aromatic N) is 2. The Balaban J connectivity index is 1.70. The van der Waals surface area contributed by atoms with E-state index in [0.717, 1.165) is 22.8 Å². The molecule has 3 rings (SSSR count). The van der Waals surface area contributed by atoms with E-state index in [1.807, 2.05) is 12.1 Å². The third kappa shape index (κ3) is 4.25. The van der Waals surface area contributed by atoms with Crippen LogP contribution in [0.1, 0.15) is 56.5 Å². The minimum atomic E-state index is -0.562. The minimum Gasteiger partial charge on any atom is -0.322 e. The van der Waals surface area contributed by atoms with Crippen LogP contribution in [0.3, 0.4) is 0 Å². The normalized spacial score (nSPS) is 19.8. The van der Waals surface area contributed by atoms with E-state index in [4.69, 9.17) is 0 Å². The van der Waals surface area contributed by atoms with Crippen LogP contribution in [0.2, 0.25) is 0 Å². The SMILES string of the molecule is CC(C)N(CCSc1cccc2c1CN(C1CCC(=O)NC1=O)C2=O)C(C)C. The van der Waals surface area contributed by atoms with Gasteiger partial charge in [0.05, 0.1) is 0 Å². The van der Waals surface area contributed by atoms with Crippen molar-refractivity contribution in [3.63, 3.8) is 0 Å². The number of carbonyl (C=O) groups is 3. The molecule has 28 heavy (non-hydrogen) atoms. The number of hydrogen-bond donors (Lipinski definition) is 1. The Morgan fingerprint density at radius 3 is 2.54 bits per heavy atom. The molecule has 1 saturated heterocycles. The molecule has 0 spiro atoms. The lowest BCUT2D eigenvalue weighted by molar-refractivity contribution is -0.136. The molecule has 1 atom stereocenters. The molecule has 2 aliphatic heterocycles. The minimum absolute atomic E-state index is 0.113. The monoisotopic (exact) mass is 403 g/mol. The molecule has 7 heteroatoms. The summed E-state index contributed by atoms with van der Waals surface area (Å²) in [4.78, 5) is 41.7.